The van der Waals surface area contributed by atoms with Crippen molar-refractivity contribution in [2.75, 3.05) is 6.54 Å². The number of allylic oxidation sites excluding steroid dienone is 4. The van der Waals surface area contributed by atoms with E-state index < -0.39 is 7.12 Å². The number of carbonyl (C=O) groups is 1. The van der Waals surface area contributed by atoms with Crippen LogP contribution in [0.2, 0.25) is 6.82 Å². The Kier molecular flexibility index (Phi) is 14.1. The number of rotatable bonds is 5. The van der Waals surface area contributed by atoms with Gasteiger partial charge in [-0.25, -0.2) is 0 Å². The minimum atomic E-state index is -1.17. The van der Waals surface area contributed by atoms with E-state index in [-0.39, 0.29) is 5.91 Å². The Labute approximate surface area is 110 Å². The van der Waals surface area contributed by atoms with Crippen LogP contribution in [0.5, 0.6) is 0 Å². The minimum Gasteiger partial charge on any atom is -0.427 e. The molecule has 0 aromatic carbocycles. The van der Waals surface area contributed by atoms with E-state index in [0.29, 0.717) is 6.54 Å². The van der Waals surface area contributed by atoms with E-state index in [9.17, 15) is 4.79 Å². The molecule has 1 amide bonds. The van der Waals surface area contributed by atoms with Crippen LogP contribution in [-0.2, 0) is 4.79 Å². The van der Waals surface area contributed by atoms with Crippen molar-refractivity contribution >= 4 is 13.0 Å². The summed E-state index contributed by atoms with van der Waals surface area (Å²) in [7, 11) is -1.17. The van der Waals surface area contributed by atoms with E-state index in [2.05, 4.69) is 11.9 Å². The van der Waals surface area contributed by atoms with Crippen LogP contribution in [0, 0.1) is 0 Å². The lowest BCUT2D eigenvalue weighted by atomic mass is 9.99. The van der Waals surface area contributed by atoms with Crippen molar-refractivity contribution in [2.45, 2.75) is 20.7 Å². The van der Waals surface area contributed by atoms with Gasteiger partial charge < -0.3 is 15.4 Å². The Hall–Kier alpha value is -1.59. The van der Waals surface area contributed by atoms with Gasteiger partial charge in [0, 0.05) is 6.54 Å². The van der Waals surface area contributed by atoms with Gasteiger partial charge in [0.25, 0.3) is 0 Å². The summed E-state index contributed by atoms with van der Waals surface area (Å²) in [6.45, 7) is 9.08. The molecule has 18 heavy (non-hydrogen) atoms. The largest absolute Gasteiger partial charge is 0.448 e. The fourth-order valence-corrected chi connectivity index (χ4v) is 0.869. The van der Waals surface area contributed by atoms with Crippen molar-refractivity contribution in [1.29, 1.82) is 0 Å². The molecule has 0 fully saturated rings. The van der Waals surface area contributed by atoms with Crippen molar-refractivity contribution in [2.24, 2.45) is 0 Å². The summed E-state index contributed by atoms with van der Waals surface area (Å²) >= 11 is 0. The first-order valence-electron chi connectivity index (χ1n) is 5.68. The molecule has 0 rings (SSSR count). The predicted octanol–water partition coefficient (Wildman–Crippen LogP) is 1.46. The average molecular weight is 251 g/mol. The molecule has 0 aromatic rings. The zero-order valence-electron chi connectivity index (χ0n) is 11.3. The Morgan fingerprint density at radius 3 is 2.28 bits per heavy atom. The predicted molar refractivity (Wildman–Crippen MR) is 77.0 cm³/mol. The molecule has 0 atom stereocenters. The quantitative estimate of drug-likeness (QED) is 0.393. The van der Waals surface area contributed by atoms with Crippen LogP contribution in [0.15, 0.2) is 48.6 Å². The minimum absolute atomic E-state index is 0.152. The van der Waals surface area contributed by atoms with Crippen LogP contribution in [0.3, 0.4) is 0 Å². The van der Waals surface area contributed by atoms with Gasteiger partial charge in [-0.1, -0.05) is 37.0 Å². The van der Waals surface area contributed by atoms with Crippen LogP contribution in [0.4, 0.5) is 0 Å². The summed E-state index contributed by atoms with van der Waals surface area (Å²) in [5.41, 5.74) is 1.06. The van der Waals surface area contributed by atoms with Crippen LogP contribution in [-0.4, -0.2) is 29.6 Å². The second-order valence-corrected chi connectivity index (χ2v) is 3.32. The Balaban J connectivity index is 0. The lowest BCUT2D eigenvalue weighted by molar-refractivity contribution is -0.116. The highest BCUT2D eigenvalue weighted by Gasteiger charge is 1.94. The van der Waals surface area contributed by atoms with Crippen LogP contribution in [0.1, 0.15) is 13.8 Å². The maximum Gasteiger partial charge on any atom is 0.448 e. The molecule has 5 heteroatoms. The molecule has 100 valence electrons. The molecular formula is C13H22BNO3. The Bertz CT molecular complexity index is 317. The van der Waals surface area contributed by atoms with Gasteiger partial charge in [0.1, 0.15) is 0 Å². The molecular weight excluding hydrogens is 229 g/mol. The fraction of sp³-hybridized carbons (Fsp3) is 0.308. The van der Waals surface area contributed by atoms with Gasteiger partial charge >= 0.3 is 7.12 Å². The van der Waals surface area contributed by atoms with Crippen molar-refractivity contribution in [3.63, 3.8) is 0 Å². The first-order chi connectivity index (χ1) is 8.47. The maximum absolute atomic E-state index is 10.9. The van der Waals surface area contributed by atoms with Crippen molar-refractivity contribution in [1.82, 2.24) is 5.32 Å². The zero-order chi connectivity index (χ0) is 14.4. The summed E-state index contributed by atoms with van der Waals surface area (Å²) in [5, 5.41) is 17.9. The summed E-state index contributed by atoms with van der Waals surface area (Å²) in [6.07, 6.45) is 11.0. The van der Waals surface area contributed by atoms with Crippen molar-refractivity contribution in [3.8, 4) is 0 Å². The molecule has 0 saturated heterocycles. The molecule has 0 radical (unpaired) electrons. The standard InChI is InChI=1S/C12H17NO.CH5BO2/c1-4-7-9-11(8-5-2)10-13-12(14)6-3;1-2(3)4/h4-9H,3,10H2,1-2H3,(H,13,14);3-4H,1H3/b7-4-,8-5-,11-9+;. The molecule has 0 aliphatic rings. The second kappa shape index (κ2) is 13.5. The van der Waals surface area contributed by atoms with E-state index >= 15 is 0 Å². The molecule has 0 bridgehead atoms. The molecule has 0 aliphatic heterocycles. The van der Waals surface area contributed by atoms with Crippen LogP contribution >= 0.6 is 0 Å². The molecule has 0 unspecified atom stereocenters. The van der Waals surface area contributed by atoms with Crippen LogP contribution < -0.4 is 5.32 Å². The molecule has 0 aromatic heterocycles. The molecule has 0 spiro atoms. The van der Waals surface area contributed by atoms with Gasteiger partial charge in [-0.3, -0.25) is 4.79 Å². The van der Waals surface area contributed by atoms with E-state index in [4.69, 9.17) is 10.0 Å². The average Bonchev–Trinajstić information content (AvgIpc) is 2.31. The van der Waals surface area contributed by atoms with Gasteiger partial charge in [-0.2, -0.15) is 0 Å². The molecule has 4 nitrogen and oxygen atoms in total. The number of carbonyl (C=O) groups excluding carboxylic acids is 1. The SMILES string of the molecule is C=CC(=O)NCC(/C=C\C)=C/C=C\C.CB(O)O. The van der Waals surface area contributed by atoms with Gasteiger partial charge in [0.2, 0.25) is 5.91 Å². The van der Waals surface area contributed by atoms with Gasteiger partial charge in [0.15, 0.2) is 0 Å². The highest BCUT2D eigenvalue weighted by atomic mass is 16.4. The zero-order valence-corrected chi connectivity index (χ0v) is 11.3. The number of nitrogens with one attached hydrogen (secondary N) is 1. The Morgan fingerprint density at radius 2 is 1.89 bits per heavy atom. The third-order valence-corrected chi connectivity index (χ3v) is 1.54. The first kappa shape index (κ1) is 18.8. The first-order valence-corrected chi connectivity index (χ1v) is 5.68. The van der Waals surface area contributed by atoms with Crippen LogP contribution in [0.25, 0.3) is 0 Å². The number of hydrogen-bond donors (Lipinski definition) is 3. The van der Waals surface area contributed by atoms with E-state index in [1.807, 2.05) is 44.2 Å². The van der Waals surface area contributed by atoms with Crippen molar-refractivity contribution < 1.29 is 14.8 Å². The third-order valence-electron chi connectivity index (χ3n) is 1.54. The van der Waals surface area contributed by atoms with E-state index in [1.165, 1.54) is 12.9 Å². The van der Waals surface area contributed by atoms with Gasteiger partial charge in [0.05, 0.1) is 0 Å². The smallest absolute Gasteiger partial charge is 0.427 e. The molecule has 0 aliphatic carbocycles. The molecule has 0 heterocycles. The highest BCUT2D eigenvalue weighted by molar-refractivity contribution is 6.38. The van der Waals surface area contributed by atoms with E-state index in [1.54, 1.807) is 0 Å². The normalized spacial score (nSPS) is 11.1. The molecule has 3 N–H and O–H groups in total. The second-order valence-electron chi connectivity index (χ2n) is 3.32. The highest BCUT2D eigenvalue weighted by Crippen LogP contribution is 1.96. The summed E-state index contributed by atoms with van der Waals surface area (Å²) in [6, 6.07) is 0. The summed E-state index contributed by atoms with van der Waals surface area (Å²) in [5.74, 6) is -0.152. The topological polar surface area (TPSA) is 69.6 Å². The molecule has 0 saturated carbocycles. The fourth-order valence-electron chi connectivity index (χ4n) is 0.869. The number of hydrogen-bond acceptors (Lipinski definition) is 3. The Morgan fingerprint density at radius 1 is 1.33 bits per heavy atom. The monoisotopic (exact) mass is 251 g/mol. The van der Waals surface area contributed by atoms with Gasteiger partial charge in [-0.05, 0) is 32.3 Å². The lowest BCUT2D eigenvalue weighted by Gasteiger charge is -2.02. The maximum atomic E-state index is 10.9. The summed E-state index contributed by atoms with van der Waals surface area (Å²) in [4.78, 5) is 10.9. The third kappa shape index (κ3) is 16.8. The van der Waals surface area contributed by atoms with Gasteiger partial charge in [-0.15, -0.1) is 0 Å². The summed E-state index contributed by atoms with van der Waals surface area (Å²) < 4.78 is 0. The van der Waals surface area contributed by atoms with Crippen molar-refractivity contribution in [3.05, 3.63) is 48.6 Å². The lowest BCUT2D eigenvalue weighted by Crippen LogP contribution is -2.22. The number of amides is 1. The van der Waals surface area contributed by atoms with E-state index in [0.717, 1.165) is 5.57 Å².